The van der Waals surface area contributed by atoms with Gasteiger partial charge in [0.15, 0.2) is 0 Å². The van der Waals surface area contributed by atoms with E-state index in [4.69, 9.17) is 0 Å². The van der Waals surface area contributed by atoms with Crippen LogP contribution in [0.2, 0.25) is 0 Å². The average molecular weight is 360 g/mol. The van der Waals surface area contributed by atoms with Gasteiger partial charge in [0, 0.05) is 28.7 Å². The molecule has 1 N–H and O–H groups in total. The lowest BCUT2D eigenvalue weighted by atomic mass is 10.1. The largest absolute Gasteiger partial charge is 0.322 e. The van der Waals surface area contributed by atoms with Gasteiger partial charge < -0.3 is 5.32 Å². The van der Waals surface area contributed by atoms with Gasteiger partial charge in [0.05, 0.1) is 5.56 Å². The number of rotatable bonds is 5. The molecule has 1 aliphatic carbocycles. The number of thioether (sulfide) groups is 1. The predicted molar refractivity (Wildman–Crippen MR) is 107 cm³/mol. The summed E-state index contributed by atoms with van der Waals surface area (Å²) in [5, 5.41) is 3.06. The van der Waals surface area contributed by atoms with Gasteiger partial charge in [0.25, 0.3) is 5.91 Å². The molecule has 3 aromatic rings. The number of fused-ring (bicyclic) bond motifs is 1. The fraction of sp³-hybridized carbons (Fsp3) is 0.182. The van der Waals surface area contributed by atoms with Crippen LogP contribution in [0.3, 0.4) is 0 Å². The van der Waals surface area contributed by atoms with Crippen LogP contribution in [-0.2, 0) is 18.6 Å². The molecule has 0 saturated carbocycles. The molecule has 1 aliphatic rings. The fourth-order valence-electron chi connectivity index (χ4n) is 3.27. The Morgan fingerprint density at radius 3 is 2.69 bits per heavy atom. The third-order valence-corrected chi connectivity index (χ3v) is 5.78. The number of carbonyl (C=O) groups is 1. The number of pyridine rings is 1. The van der Waals surface area contributed by atoms with Crippen molar-refractivity contribution in [2.75, 3.05) is 5.32 Å². The zero-order valence-corrected chi connectivity index (χ0v) is 15.3. The maximum atomic E-state index is 12.8. The number of hydrogen-bond acceptors (Lipinski definition) is 3. The molecule has 2 aromatic carbocycles. The number of anilines is 1. The van der Waals surface area contributed by atoms with Crippen molar-refractivity contribution in [3.05, 3.63) is 89.2 Å². The van der Waals surface area contributed by atoms with E-state index in [0.717, 1.165) is 29.2 Å². The second-order valence-electron chi connectivity index (χ2n) is 6.43. The van der Waals surface area contributed by atoms with Crippen LogP contribution >= 0.6 is 11.8 Å². The van der Waals surface area contributed by atoms with Gasteiger partial charge in [-0.05, 0) is 72.4 Å². The zero-order chi connectivity index (χ0) is 17.8. The Morgan fingerprint density at radius 2 is 1.81 bits per heavy atom. The summed E-state index contributed by atoms with van der Waals surface area (Å²) in [6.45, 7) is 0. The molecule has 0 fully saturated rings. The van der Waals surface area contributed by atoms with E-state index in [1.54, 1.807) is 24.2 Å². The molecule has 1 heterocycles. The van der Waals surface area contributed by atoms with Crippen molar-refractivity contribution < 1.29 is 4.79 Å². The Bertz CT molecular complexity index is 924. The van der Waals surface area contributed by atoms with E-state index in [0.29, 0.717) is 5.56 Å². The molecule has 0 aliphatic heterocycles. The van der Waals surface area contributed by atoms with Gasteiger partial charge in [-0.1, -0.05) is 18.2 Å². The fourth-order valence-corrected chi connectivity index (χ4v) is 4.27. The van der Waals surface area contributed by atoms with Crippen molar-refractivity contribution in [1.82, 2.24) is 4.98 Å². The number of benzene rings is 2. The minimum Gasteiger partial charge on any atom is -0.322 e. The summed E-state index contributed by atoms with van der Waals surface area (Å²) >= 11 is 1.67. The van der Waals surface area contributed by atoms with Crippen molar-refractivity contribution in [3.8, 4) is 0 Å². The van der Waals surface area contributed by atoms with Crippen LogP contribution in [-0.4, -0.2) is 10.9 Å². The number of aromatic nitrogens is 1. The van der Waals surface area contributed by atoms with E-state index in [9.17, 15) is 4.79 Å². The minimum absolute atomic E-state index is 0.0548. The predicted octanol–water partition coefficient (Wildman–Crippen LogP) is 5.11. The van der Waals surface area contributed by atoms with Gasteiger partial charge in [-0.25, -0.2) is 0 Å². The highest BCUT2D eigenvalue weighted by atomic mass is 32.2. The van der Waals surface area contributed by atoms with Gasteiger partial charge in [0.1, 0.15) is 0 Å². The lowest BCUT2D eigenvalue weighted by Gasteiger charge is -2.11. The van der Waals surface area contributed by atoms with Crippen molar-refractivity contribution >= 4 is 23.4 Å². The van der Waals surface area contributed by atoms with Gasteiger partial charge in [-0.15, -0.1) is 11.8 Å². The number of nitrogens with one attached hydrogen (secondary N) is 1. The van der Waals surface area contributed by atoms with E-state index in [1.807, 2.05) is 42.5 Å². The Labute approximate surface area is 157 Å². The van der Waals surface area contributed by atoms with E-state index >= 15 is 0 Å². The van der Waals surface area contributed by atoms with Gasteiger partial charge in [-0.3, -0.25) is 9.78 Å². The van der Waals surface area contributed by atoms with E-state index in [-0.39, 0.29) is 5.91 Å². The van der Waals surface area contributed by atoms with E-state index < -0.39 is 0 Å². The van der Waals surface area contributed by atoms with Crippen molar-refractivity contribution in [1.29, 1.82) is 0 Å². The molecule has 1 amide bonds. The lowest BCUT2D eigenvalue weighted by Crippen LogP contribution is -2.13. The van der Waals surface area contributed by atoms with Crippen molar-refractivity contribution in [2.45, 2.75) is 29.9 Å². The summed E-state index contributed by atoms with van der Waals surface area (Å²) in [7, 11) is 0. The monoisotopic (exact) mass is 360 g/mol. The molecule has 0 saturated heterocycles. The third-order valence-electron chi connectivity index (χ3n) is 4.63. The number of hydrogen-bond donors (Lipinski definition) is 1. The molecule has 130 valence electrons. The normalized spacial score (nSPS) is 12.6. The molecule has 0 bridgehead atoms. The molecular formula is C22H20N2OS. The first kappa shape index (κ1) is 16.9. The smallest absolute Gasteiger partial charge is 0.256 e. The van der Waals surface area contributed by atoms with Crippen LogP contribution in [0.4, 0.5) is 5.69 Å². The van der Waals surface area contributed by atoms with Crippen LogP contribution in [0.5, 0.6) is 0 Å². The first-order chi connectivity index (χ1) is 12.8. The summed E-state index contributed by atoms with van der Waals surface area (Å²) in [6, 6.07) is 18.0. The molecule has 3 nitrogen and oxygen atoms in total. The Morgan fingerprint density at radius 1 is 1.00 bits per heavy atom. The Kier molecular flexibility index (Phi) is 5.02. The molecule has 4 rings (SSSR count). The number of nitrogens with zero attached hydrogens (tertiary/aromatic N) is 1. The minimum atomic E-state index is -0.0548. The molecule has 4 heteroatoms. The van der Waals surface area contributed by atoms with Crippen LogP contribution < -0.4 is 5.32 Å². The summed E-state index contributed by atoms with van der Waals surface area (Å²) in [5.41, 5.74) is 5.56. The quantitative estimate of drug-likeness (QED) is 0.643. The first-order valence-electron chi connectivity index (χ1n) is 8.83. The summed E-state index contributed by atoms with van der Waals surface area (Å²) < 4.78 is 0. The highest BCUT2D eigenvalue weighted by Gasteiger charge is 2.14. The van der Waals surface area contributed by atoms with Gasteiger partial charge >= 0.3 is 0 Å². The second kappa shape index (κ2) is 7.75. The van der Waals surface area contributed by atoms with Crippen molar-refractivity contribution in [2.24, 2.45) is 0 Å². The van der Waals surface area contributed by atoms with Gasteiger partial charge in [-0.2, -0.15) is 0 Å². The van der Waals surface area contributed by atoms with Crippen LogP contribution in [0.1, 0.15) is 33.5 Å². The Balaban J connectivity index is 1.49. The van der Waals surface area contributed by atoms with Crippen molar-refractivity contribution in [3.63, 3.8) is 0 Å². The summed E-state index contributed by atoms with van der Waals surface area (Å²) in [5.74, 6) is 0.756. The number of carbonyl (C=O) groups excluding carboxylic acids is 1. The summed E-state index contributed by atoms with van der Waals surface area (Å²) in [4.78, 5) is 17.8. The van der Waals surface area contributed by atoms with E-state index in [1.165, 1.54) is 23.1 Å². The summed E-state index contributed by atoms with van der Waals surface area (Å²) in [6.07, 6.45) is 7.06. The molecule has 0 atom stereocenters. The average Bonchev–Trinajstić information content (AvgIpc) is 3.15. The maximum absolute atomic E-state index is 12.8. The second-order valence-corrected chi connectivity index (χ2v) is 7.45. The molecule has 0 unspecified atom stereocenters. The molecule has 26 heavy (non-hydrogen) atoms. The van der Waals surface area contributed by atoms with Crippen LogP contribution in [0.25, 0.3) is 0 Å². The molecule has 0 radical (unpaired) electrons. The number of aryl methyl sites for hydroxylation is 2. The lowest BCUT2D eigenvalue weighted by molar-refractivity contribution is 0.102. The highest BCUT2D eigenvalue weighted by Crippen LogP contribution is 2.28. The standard InChI is InChI=1S/C22H20N2OS/c25-22(24-19-9-8-17-4-3-5-18(17)14-19)20-6-1-2-7-21(20)26-15-16-10-12-23-13-11-16/h1-2,6-14H,3-5,15H2,(H,24,25). The topological polar surface area (TPSA) is 42.0 Å². The highest BCUT2D eigenvalue weighted by molar-refractivity contribution is 7.98. The maximum Gasteiger partial charge on any atom is 0.256 e. The third kappa shape index (κ3) is 3.81. The number of amides is 1. The van der Waals surface area contributed by atoms with Crippen LogP contribution in [0, 0.1) is 0 Å². The zero-order valence-electron chi connectivity index (χ0n) is 14.4. The molecule has 0 spiro atoms. The van der Waals surface area contributed by atoms with E-state index in [2.05, 4.69) is 22.4 Å². The van der Waals surface area contributed by atoms with Gasteiger partial charge in [0.2, 0.25) is 0 Å². The van der Waals surface area contributed by atoms with Crippen LogP contribution in [0.15, 0.2) is 71.9 Å². The Hall–Kier alpha value is -2.59. The molecule has 1 aromatic heterocycles. The first-order valence-corrected chi connectivity index (χ1v) is 9.82. The molecular weight excluding hydrogens is 340 g/mol. The SMILES string of the molecule is O=C(Nc1ccc2c(c1)CCC2)c1ccccc1SCc1ccncc1.